The maximum Gasteiger partial charge on any atom is 0.305 e. The second-order valence-corrected chi connectivity index (χ2v) is 3.99. The van der Waals surface area contributed by atoms with Crippen LogP contribution in [0.25, 0.3) is 0 Å². The van der Waals surface area contributed by atoms with Crippen molar-refractivity contribution in [1.82, 2.24) is 5.32 Å². The molecule has 1 atom stereocenters. The fraction of sp³-hybridized carbons (Fsp3) is 0.333. The number of carbonyl (C=O) groups excluding carboxylic acids is 1. The summed E-state index contributed by atoms with van der Waals surface area (Å²) in [6, 6.07) is 2.68. The molecule has 1 aromatic carbocycles. The molecule has 2 N–H and O–H groups in total. The van der Waals surface area contributed by atoms with Gasteiger partial charge in [-0.15, -0.1) is 0 Å². The van der Waals surface area contributed by atoms with Crippen LogP contribution in [-0.4, -0.2) is 23.0 Å². The highest BCUT2D eigenvalue weighted by atomic mass is 19.2. The number of carboxylic acid groups (broad SMARTS) is 1. The van der Waals surface area contributed by atoms with Crippen molar-refractivity contribution in [3.63, 3.8) is 0 Å². The molecule has 0 heterocycles. The van der Waals surface area contributed by atoms with Gasteiger partial charge in [-0.2, -0.15) is 0 Å². The number of amides is 1. The molecule has 0 aromatic heterocycles. The average Bonchev–Trinajstić information content (AvgIpc) is 2.21. The number of aliphatic carboxylic acids is 1. The van der Waals surface area contributed by atoms with Crippen molar-refractivity contribution < 1.29 is 23.5 Å². The first-order chi connectivity index (χ1) is 8.38. The van der Waals surface area contributed by atoms with E-state index < -0.39 is 29.6 Å². The van der Waals surface area contributed by atoms with Gasteiger partial charge in [-0.3, -0.25) is 9.59 Å². The highest BCUT2D eigenvalue weighted by molar-refractivity contribution is 5.79. The fourth-order valence-electron chi connectivity index (χ4n) is 1.47. The summed E-state index contributed by atoms with van der Waals surface area (Å²) in [6.07, 6.45) is -0.315. The van der Waals surface area contributed by atoms with Crippen molar-refractivity contribution in [2.75, 3.05) is 0 Å². The number of carboxylic acids is 1. The maximum atomic E-state index is 12.9. The molecule has 0 radical (unpaired) electrons. The number of halogens is 2. The summed E-state index contributed by atoms with van der Waals surface area (Å²) in [7, 11) is 0. The largest absolute Gasteiger partial charge is 0.481 e. The van der Waals surface area contributed by atoms with Crippen molar-refractivity contribution in [2.45, 2.75) is 25.8 Å². The summed E-state index contributed by atoms with van der Waals surface area (Å²) >= 11 is 0. The smallest absolute Gasteiger partial charge is 0.305 e. The molecule has 0 aliphatic rings. The normalized spacial score (nSPS) is 11.9. The summed E-state index contributed by atoms with van der Waals surface area (Å²) in [5, 5.41) is 11.0. The van der Waals surface area contributed by atoms with Gasteiger partial charge in [0.2, 0.25) is 5.91 Å². The van der Waals surface area contributed by atoms with Crippen molar-refractivity contribution in [3.05, 3.63) is 35.4 Å². The third-order valence-corrected chi connectivity index (χ3v) is 2.24. The van der Waals surface area contributed by atoms with E-state index in [2.05, 4.69) is 5.32 Å². The van der Waals surface area contributed by atoms with Crippen molar-refractivity contribution in [1.29, 1.82) is 0 Å². The predicted molar refractivity (Wildman–Crippen MR) is 59.9 cm³/mol. The van der Waals surface area contributed by atoms with Gasteiger partial charge in [0.15, 0.2) is 11.6 Å². The minimum Gasteiger partial charge on any atom is -0.481 e. The van der Waals surface area contributed by atoms with Crippen LogP contribution in [0.1, 0.15) is 18.9 Å². The number of hydrogen-bond donors (Lipinski definition) is 2. The lowest BCUT2D eigenvalue weighted by Gasteiger charge is -2.11. The number of hydrogen-bond acceptors (Lipinski definition) is 2. The van der Waals surface area contributed by atoms with Crippen LogP contribution >= 0.6 is 0 Å². The molecule has 0 aliphatic heterocycles. The van der Waals surface area contributed by atoms with E-state index in [9.17, 15) is 18.4 Å². The second kappa shape index (κ2) is 6.09. The van der Waals surface area contributed by atoms with Crippen molar-refractivity contribution in [3.8, 4) is 0 Å². The van der Waals surface area contributed by atoms with Crippen LogP contribution in [0.3, 0.4) is 0 Å². The molecule has 0 bridgehead atoms. The SMILES string of the molecule is CC(CC(=O)O)NC(=O)Cc1ccc(F)c(F)c1. The zero-order valence-corrected chi connectivity index (χ0v) is 9.74. The highest BCUT2D eigenvalue weighted by Gasteiger charge is 2.12. The summed E-state index contributed by atoms with van der Waals surface area (Å²) in [4.78, 5) is 21.9. The Bertz CT molecular complexity index is 463. The van der Waals surface area contributed by atoms with Gasteiger partial charge in [0.05, 0.1) is 12.8 Å². The Hall–Kier alpha value is -1.98. The monoisotopic (exact) mass is 257 g/mol. The first kappa shape index (κ1) is 14.1. The standard InChI is InChI=1S/C12H13F2NO3/c1-7(4-12(17)18)15-11(16)6-8-2-3-9(13)10(14)5-8/h2-3,5,7H,4,6H2,1H3,(H,15,16)(H,17,18). The molecule has 6 heteroatoms. The summed E-state index contributed by atoms with van der Waals surface area (Å²) in [5.41, 5.74) is 0.328. The minimum atomic E-state index is -1.02. The van der Waals surface area contributed by atoms with Gasteiger partial charge in [0.25, 0.3) is 0 Å². The lowest BCUT2D eigenvalue weighted by Crippen LogP contribution is -2.35. The average molecular weight is 257 g/mol. The zero-order chi connectivity index (χ0) is 13.7. The molecule has 98 valence electrons. The fourth-order valence-corrected chi connectivity index (χ4v) is 1.47. The van der Waals surface area contributed by atoms with Crippen molar-refractivity contribution >= 4 is 11.9 Å². The quantitative estimate of drug-likeness (QED) is 0.839. The van der Waals surface area contributed by atoms with E-state index in [0.29, 0.717) is 5.56 Å². The molecule has 0 saturated carbocycles. The molecule has 1 amide bonds. The first-order valence-corrected chi connectivity index (χ1v) is 5.33. The third kappa shape index (κ3) is 4.48. The molecule has 1 rings (SSSR count). The predicted octanol–water partition coefficient (Wildman–Crippen LogP) is 1.49. The van der Waals surface area contributed by atoms with Crippen LogP contribution in [0.15, 0.2) is 18.2 Å². The van der Waals surface area contributed by atoms with E-state index in [4.69, 9.17) is 5.11 Å². The van der Waals surface area contributed by atoms with E-state index >= 15 is 0 Å². The Balaban J connectivity index is 2.54. The molecule has 0 aliphatic carbocycles. The van der Waals surface area contributed by atoms with E-state index in [1.807, 2.05) is 0 Å². The molecular formula is C12H13F2NO3. The minimum absolute atomic E-state index is 0.124. The first-order valence-electron chi connectivity index (χ1n) is 5.33. The Labute approximate surface area is 103 Å². The van der Waals surface area contributed by atoms with Crippen LogP contribution in [0.2, 0.25) is 0 Å². The van der Waals surface area contributed by atoms with Gasteiger partial charge >= 0.3 is 5.97 Å². The number of rotatable bonds is 5. The zero-order valence-electron chi connectivity index (χ0n) is 9.74. The molecule has 1 aromatic rings. The Morgan fingerprint density at radius 3 is 2.56 bits per heavy atom. The van der Waals surface area contributed by atoms with Gasteiger partial charge < -0.3 is 10.4 Å². The lowest BCUT2D eigenvalue weighted by molar-refractivity contribution is -0.137. The van der Waals surface area contributed by atoms with E-state index in [-0.39, 0.29) is 12.8 Å². The number of carbonyl (C=O) groups is 2. The maximum absolute atomic E-state index is 12.9. The Morgan fingerprint density at radius 2 is 2.00 bits per heavy atom. The van der Waals surface area contributed by atoms with Crippen LogP contribution in [-0.2, 0) is 16.0 Å². The van der Waals surface area contributed by atoms with Crippen LogP contribution in [0, 0.1) is 11.6 Å². The Kier molecular flexibility index (Phi) is 4.76. The molecular weight excluding hydrogens is 244 g/mol. The molecule has 4 nitrogen and oxygen atoms in total. The molecule has 0 spiro atoms. The second-order valence-electron chi connectivity index (χ2n) is 3.99. The van der Waals surface area contributed by atoms with Crippen molar-refractivity contribution in [2.24, 2.45) is 0 Å². The van der Waals surface area contributed by atoms with Gasteiger partial charge in [-0.25, -0.2) is 8.78 Å². The van der Waals surface area contributed by atoms with E-state index in [0.717, 1.165) is 12.1 Å². The van der Waals surface area contributed by atoms with E-state index in [1.54, 1.807) is 6.92 Å². The topological polar surface area (TPSA) is 66.4 Å². The van der Waals surface area contributed by atoms with Crippen LogP contribution in [0.4, 0.5) is 8.78 Å². The molecule has 0 saturated heterocycles. The van der Waals surface area contributed by atoms with Gasteiger partial charge in [-0.05, 0) is 24.6 Å². The van der Waals surface area contributed by atoms with Crippen LogP contribution in [0.5, 0.6) is 0 Å². The Morgan fingerprint density at radius 1 is 1.33 bits per heavy atom. The summed E-state index contributed by atoms with van der Waals surface area (Å²) in [6.45, 7) is 1.55. The van der Waals surface area contributed by atoms with E-state index in [1.165, 1.54) is 6.07 Å². The molecule has 1 unspecified atom stereocenters. The highest BCUT2D eigenvalue weighted by Crippen LogP contribution is 2.09. The molecule has 0 fully saturated rings. The third-order valence-electron chi connectivity index (χ3n) is 2.24. The van der Waals surface area contributed by atoms with Gasteiger partial charge in [0, 0.05) is 6.04 Å². The van der Waals surface area contributed by atoms with Gasteiger partial charge in [0.1, 0.15) is 0 Å². The number of benzene rings is 1. The summed E-state index contributed by atoms with van der Waals surface area (Å²) < 4.78 is 25.5. The lowest BCUT2D eigenvalue weighted by atomic mass is 10.1. The number of nitrogens with one attached hydrogen (secondary N) is 1. The molecule has 18 heavy (non-hydrogen) atoms. The summed E-state index contributed by atoms with van der Waals surface area (Å²) in [5.74, 6) is -3.44. The van der Waals surface area contributed by atoms with Gasteiger partial charge in [-0.1, -0.05) is 6.07 Å². The van der Waals surface area contributed by atoms with Crippen LogP contribution < -0.4 is 5.32 Å².